The molecule has 1 N–H and O–H groups in total. The van der Waals surface area contributed by atoms with Crippen molar-refractivity contribution >= 4 is 11.8 Å². The van der Waals surface area contributed by atoms with Crippen LogP contribution in [0, 0.1) is 6.92 Å². The van der Waals surface area contributed by atoms with Gasteiger partial charge in [-0.05, 0) is 43.7 Å². The smallest absolute Gasteiger partial charge is 0.0762 e. The summed E-state index contributed by atoms with van der Waals surface area (Å²) in [4.78, 5) is 5.64. The molecule has 2 nitrogen and oxygen atoms in total. The standard InChI is InChI=1S/C15H17NOS/c1-11-5-3-7-14(16-11)10-18-15-8-4-6-13(9-15)12(2)17/h3-9,12,17H,10H2,1-2H3. The molecule has 1 aromatic carbocycles. The highest BCUT2D eigenvalue weighted by atomic mass is 32.2. The van der Waals surface area contributed by atoms with Gasteiger partial charge in [0.1, 0.15) is 0 Å². The number of nitrogens with zero attached hydrogens (tertiary/aromatic N) is 1. The van der Waals surface area contributed by atoms with Gasteiger partial charge in [-0.2, -0.15) is 0 Å². The fraction of sp³-hybridized carbons (Fsp3) is 0.267. The van der Waals surface area contributed by atoms with Gasteiger partial charge in [-0.1, -0.05) is 18.2 Å². The molecule has 0 amide bonds. The molecule has 0 spiro atoms. The lowest BCUT2D eigenvalue weighted by Crippen LogP contribution is -1.91. The largest absolute Gasteiger partial charge is 0.389 e. The highest BCUT2D eigenvalue weighted by molar-refractivity contribution is 7.98. The number of aliphatic hydroxyl groups excluding tert-OH is 1. The molecule has 0 radical (unpaired) electrons. The molecule has 1 heterocycles. The summed E-state index contributed by atoms with van der Waals surface area (Å²) in [7, 11) is 0. The van der Waals surface area contributed by atoms with Crippen molar-refractivity contribution in [2.24, 2.45) is 0 Å². The average molecular weight is 259 g/mol. The minimum Gasteiger partial charge on any atom is -0.389 e. The van der Waals surface area contributed by atoms with Gasteiger partial charge in [-0.3, -0.25) is 4.98 Å². The van der Waals surface area contributed by atoms with Gasteiger partial charge in [0.25, 0.3) is 0 Å². The first-order chi connectivity index (χ1) is 8.65. The third kappa shape index (κ3) is 3.59. The van der Waals surface area contributed by atoms with Gasteiger partial charge in [0, 0.05) is 16.3 Å². The topological polar surface area (TPSA) is 33.1 Å². The Kier molecular flexibility index (Phi) is 4.39. The second-order valence-corrected chi connectivity index (χ2v) is 5.36. The number of aromatic nitrogens is 1. The molecule has 1 atom stereocenters. The number of rotatable bonds is 4. The number of aliphatic hydroxyl groups is 1. The van der Waals surface area contributed by atoms with E-state index in [9.17, 15) is 5.11 Å². The molecule has 1 aromatic heterocycles. The third-order valence-electron chi connectivity index (χ3n) is 2.67. The summed E-state index contributed by atoms with van der Waals surface area (Å²) < 4.78 is 0. The van der Waals surface area contributed by atoms with E-state index in [1.54, 1.807) is 18.7 Å². The van der Waals surface area contributed by atoms with Crippen LogP contribution in [0.15, 0.2) is 47.4 Å². The van der Waals surface area contributed by atoms with Crippen LogP contribution < -0.4 is 0 Å². The summed E-state index contributed by atoms with van der Waals surface area (Å²) in [6, 6.07) is 14.1. The Bertz CT molecular complexity index is 525. The van der Waals surface area contributed by atoms with Crippen LogP contribution in [0.1, 0.15) is 30.0 Å². The van der Waals surface area contributed by atoms with Crippen LogP contribution in [-0.2, 0) is 5.75 Å². The molecule has 3 heteroatoms. The molecule has 0 fully saturated rings. The monoisotopic (exact) mass is 259 g/mol. The third-order valence-corrected chi connectivity index (χ3v) is 3.70. The van der Waals surface area contributed by atoms with Crippen molar-refractivity contribution in [3.05, 3.63) is 59.4 Å². The van der Waals surface area contributed by atoms with E-state index < -0.39 is 6.10 Å². The molecule has 0 aliphatic heterocycles. The maximum Gasteiger partial charge on any atom is 0.0762 e. The average Bonchev–Trinajstić information content (AvgIpc) is 2.37. The predicted octanol–water partition coefficient (Wildman–Crippen LogP) is 3.74. The number of benzene rings is 1. The normalized spacial score (nSPS) is 12.4. The van der Waals surface area contributed by atoms with Gasteiger partial charge in [0.05, 0.1) is 11.8 Å². The zero-order valence-corrected chi connectivity index (χ0v) is 11.4. The maximum absolute atomic E-state index is 9.55. The van der Waals surface area contributed by atoms with Crippen molar-refractivity contribution in [2.75, 3.05) is 0 Å². The quantitative estimate of drug-likeness (QED) is 0.849. The molecule has 18 heavy (non-hydrogen) atoms. The summed E-state index contributed by atoms with van der Waals surface area (Å²) in [5, 5.41) is 9.55. The van der Waals surface area contributed by atoms with E-state index >= 15 is 0 Å². The summed E-state index contributed by atoms with van der Waals surface area (Å²) in [6.45, 7) is 3.79. The second kappa shape index (κ2) is 6.03. The molecular formula is C15H17NOS. The summed E-state index contributed by atoms with van der Waals surface area (Å²) in [6.07, 6.45) is -0.414. The van der Waals surface area contributed by atoms with E-state index in [1.807, 2.05) is 43.3 Å². The number of pyridine rings is 1. The fourth-order valence-corrected chi connectivity index (χ4v) is 2.57. The SMILES string of the molecule is Cc1cccc(CSc2cccc(C(C)O)c2)n1. The van der Waals surface area contributed by atoms with Crippen molar-refractivity contribution in [2.45, 2.75) is 30.6 Å². The summed E-state index contributed by atoms with van der Waals surface area (Å²) in [5.74, 6) is 0.852. The predicted molar refractivity (Wildman–Crippen MR) is 75.6 cm³/mol. The molecule has 2 rings (SSSR count). The Morgan fingerprint density at radius 1 is 1.22 bits per heavy atom. The van der Waals surface area contributed by atoms with Gasteiger partial charge in [-0.25, -0.2) is 0 Å². The minimum absolute atomic E-state index is 0.414. The molecule has 94 valence electrons. The molecule has 1 unspecified atom stereocenters. The first kappa shape index (κ1) is 13.1. The Hall–Kier alpha value is -1.32. The maximum atomic E-state index is 9.55. The van der Waals surface area contributed by atoms with Crippen molar-refractivity contribution in [3.63, 3.8) is 0 Å². The number of hydrogen-bond donors (Lipinski definition) is 1. The van der Waals surface area contributed by atoms with E-state index in [-0.39, 0.29) is 0 Å². The Labute approximate surface area is 112 Å². The van der Waals surface area contributed by atoms with Gasteiger partial charge < -0.3 is 5.11 Å². The van der Waals surface area contributed by atoms with Crippen molar-refractivity contribution < 1.29 is 5.11 Å². The molecule has 0 saturated carbocycles. The molecule has 0 bridgehead atoms. The first-order valence-electron chi connectivity index (χ1n) is 5.98. The number of hydrogen-bond acceptors (Lipinski definition) is 3. The van der Waals surface area contributed by atoms with Gasteiger partial charge in [0.15, 0.2) is 0 Å². The molecule has 2 aromatic rings. The minimum atomic E-state index is -0.414. The van der Waals surface area contributed by atoms with E-state index in [0.717, 1.165) is 27.6 Å². The van der Waals surface area contributed by atoms with Crippen molar-refractivity contribution in [3.8, 4) is 0 Å². The first-order valence-corrected chi connectivity index (χ1v) is 6.97. The zero-order valence-electron chi connectivity index (χ0n) is 10.6. The van der Waals surface area contributed by atoms with Crippen molar-refractivity contribution in [1.82, 2.24) is 4.98 Å². The fourth-order valence-electron chi connectivity index (χ4n) is 1.70. The zero-order chi connectivity index (χ0) is 13.0. The highest BCUT2D eigenvalue weighted by Crippen LogP contribution is 2.25. The molecule has 0 aliphatic rings. The van der Waals surface area contributed by atoms with Crippen LogP contribution in [-0.4, -0.2) is 10.1 Å². The van der Waals surface area contributed by atoms with Crippen LogP contribution in [0.5, 0.6) is 0 Å². The van der Waals surface area contributed by atoms with Crippen LogP contribution >= 0.6 is 11.8 Å². The lowest BCUT2D eigenvalue weighted by molar-refractivity contribution is 0.199. The van der Waals surface area contributed by atoms with Gasteiger partial charge >= 0.3 is 0 Å². The molecule has 0 aliphatic carbocycles. The lowest BCUT2D eigenvalue weighted by atomic mass is 10.1. The van der Waals surface area contributed by atoms with Gasteiger partial charge in [0.2, 0.25) is 0 Å². The van der Waals surface area contributed by atoms with Crippen LogP contribution in [0.3, 0.4) is 0 Å². The van der Waals surface area contributed by atoms with Crippen LogP contribution in [0.4, 0.5) is 0 Å². The summed E-state index contributed by atoms with van der Waals surface area (Å²) in [5.41, 5.74) is 3.09. The lowest BCUT2D eigenvalue weighted by Gasteiger charge is -2.07. The van der Waals surface area contributed by atoms with E-state index in [4.69, 9.17) is 0 Å². The number of aryl methyl sites for hydroxylation is 1. The Balaban J connectivity index is 2.04. The van der Waals surface area contributed by atoms with Gasteiger partial charge in [-0.15, -0.1) is 11.8 Å². The second-order valence-electron chi connectivity index (χ2n) is 4.31. The Morgan fingerprint density at radius 3 is 2.72 bits per heavy atom. The summed E-state index contributed by atoms with van der Waals surface area (Å²) >= 11 is 1.74. The van der Waals surface area contributed by atoms with E-state index in [0.29, 0.717) is 0 Å². The van der Waals surface area contributed by atoms with Crippen LogP contribution in [0.25, 0.3) is 0 Å². The van der Waals surface area contributed by atoms with E-state index in [2.05, 4.69) is 11.1 Å². The van der Waals surface area contributed by atoms with E-state index in [1.165, 1.54) is 0 Å². The number of thioether (sulfide) groups is 1. The Morgan fingerprint density at radius 2 is 2.00 bits per heavy atom. The van der Waals surface area contributed by atoms with Crippen molar-refractivity contribution in [1.29, 1.82) is 0 Å². The molecule has 0 saturated heterocycles. The van der Waals surface area contributed by atoms with Crippen LogP contribution in [0.2, 0.25) is 0 Å². The molecular weight excluding hydrogens is 242 g/mol. The highest BCUT2D eigenvalue weighted by Gasteiger charge is 2.03.